The molecule has 1 aromatic rings. The average Bonchev–Trinajstić information content (AvgIpc) is 3.28. The maximum atomic E-state index is 13.9. The zero-order chi connectivity index (χ0) is 50.9. The monoisotopic (exact) mass is 958 g/mol. The van der Waals surface area contributed by atoms with Gasteiger partial charge in [0.25, 0.3) is 0 Å². The lowest BCUT2D eigenvalue weighted by molar-refractivity contribution is -0.136. The largest absolute Gasteiger partial charge is 0.508 e. The van der Waals surface area contributed by atoms with Gasteiger partial charge in [-0.25, -0.2) is 0 Å². The second-order valence-electron chi connectivity index (χ2n) is 16.4. The molecule has 1 aliphatic rings. The Morgan fingerprint density at radius 3 is 1.97 bits per heavy atom. The Kier molecular flexibility index (Phi) is 24.5. The minimum atomic E-state index is -1.77. The lowest BCUT2D eigenvalue weighted by Gasteiger charge is -2.29. The summed E-state index contributed by atoms with van der Waals surface area (Å²) in [5, 5.41) is 32.2. The highest BCUT2D eigenvalue weighted by Crippen LogP contribution is 2.14. The Morgan fingerprint density at radius 1 is 0.721 bits per heavy atom. The quantitative estimate of drug-likeness (QED) is 0.0519. The van der Waals surface area contributed by atoms with E-state index in [4.69, 9.17) is 17.2 Å². The minimum absolute atomic E-state index is 0.0523. The summed E-state index contributed by atoms with van der Waals surface area (Å²) in [5.41, 5.74) is 16.4. The number of benzene rings is 1. The molecule has 0 spiro atoms. The number of rotatable bonds is 21. The molecule has 1 aromatic carbocycles. The first-order valence-electron chi connectivity index (χ1n) is 22.4. The van der Waals surface area contributed by atoms with Gasteiger partial charge < -0.3 is 70.2 Å². The Labute approximate surface area is 393 Å². The first kappa shape index (κ1) is 56.8. The molecule has 68 heavy (non-hydrogen) atoms. The predicted octanol–water partition coefficient (Wildman–Crippen LogP) is -4.37. The van der Waals surface area contributed by atoms with Gasteiger partial charge >= 0.3 is 0 Å². The fraction of sp³-hybridized carbons (Fsp3) is 0.581. The van der Waals surface area contributed by atoms with Crippen molar-refractivity contribution >= 4 is 70.9 Å². The van der Waals surface area contributed by atoms with Crippen molar-refractivity contribution in [3.05, 3.63) is 29.8 Å². The summed E-state index contributed by atoms with van der Waals surface area (Å²) in [5.74, 6) is -10.7. The van der Waals surface area contributed by atoms with E-state index < -0.39 is 158 Å². The molecule has 25 nitrogen and oxygen atoms in total. The van der Waals surface area contributed by atoms with Crippen molar-refractivity contribution in [2.45, 2.75) is 134 Å². The van der Waals surface area contributed by atoms with E-state index in [1.165, 1.54) is 24.3 Å². The highest BCUT2D eigenvalue weighted by atomic mass is 16.3. The van der Waals surface area contributed by atoms with Crippen molar-refractivity contribution in [2.75, 3.05) is 19.6 Å². The van der Waals surface area contributed by atoms with Crippen molar-refractivity contribution in [3.8, 4) is 5.75 Å². The van der Waals surface area contributed by atoms with Gasteiger partial charge in [0.05, 0.1) is 13.0 Å². The summed E-state index contributed by atoms with van der Waals surface area (Å²) in [7, 11) is 0. The summed E-state index contributed by atoms with van der Waals surface area (Å²) in [4.78, 5) is 155. The van der Waals surface area contributed by atoms with Gasteiger partial charge in [0, 0.05) is 45.2 Å². The third-order valence-corrected chi connectivity index (χ3v) is 10.7. The molecule has 0 radical (unpaired) electrons. The number of phenols is 1. The number of phenolic OH excluding ortho intramolecular Hbond substituents is 1. The Balaban J connectivity index is 2.41. The fourth-order valence-corrected chi connectivity index (χ4v) is 6.68. The van der Waals surface area contributed by atoms with Crippen LogP contribution in [0.4, 0.5) is 0 Å². The Bertz CT molecular complexity index is 1980. The molecule has 7 atom stereocenters. The lowest BCUT2D eigenvalue weighted by Crippen LogP contribution is -2.61. The molecule has 0 aromatic heterocycles. The highest BCUT2D eigenvalue weighted by molar-refractivity contribution is 5.98. The zero-order valence-corrected chi connectivity index (χ0v) is 38.5. The molecular formula is C43H66N12O13. The Hall–Kier alpha value is -7.34. The zero-order valence-electron chi connectivity index (χ0n) is 38.5. The number of carbonyl (C=O) groups excluding carboxylic acids is 12. The molecule has 16 N–H and O–H groups in total. The van der Waals surface area contributed by atoms with E-state index in [0.717, 1.165) is 0 Å². The van der Waals surface area contributed by atoms with Crippen LogP contribution in [0, 0.1) is 5.92 Å². The van der Waals surface area contributed by atoms with E-state index in [1.807, 2.05) is 0 Å². The normalized spacial score (nSPS) is 20.8. The SMILES string of the molecule is CCC[C@H](NC(=O)CCCCNC(=O)[C@@H]1CNC(=O)CCC(=O)N[C@@H](Cc2ccc(O)cc2)C(=O)N[C@@H]([C@@H](C)CC)C(=O)N[C@@H](CCC(N)=O)C(=O)N[C@@H](CC(N)=O)C(=O)N1)C(=O)NCC(N)=O. The predicted molar refractivity (Wildman–Crippen MR) is 241 cm³/mol. The number of unbranched alkanes of at least 4 members (excludes halogenated alkanes) is 1. The third kappa shape index (κ3) is 21.3. The highest BCUT2D eigenvalue weighted by Gasteiger charge is 2.35. The molecule has 25 heteroatoms. The van der Waals surface area contributed by atoms with Gasteiger partial charge in [-0.1, -0.05) is 45.7 Å². The number of hydrogen-bond donors (Lipinski definition) is 13. The van der Waals surface area contributed by atoms with E-state index in [2.05, 4.69) is 47.9 Å². The molecule has 0 aliphatic carbocycles. The second-order valence-corrected chi connectivity index (χ2v) is 16.4. The lowest BCUT2D eigenvalue weighted by atomic mass is 9.96. The number of hydrogen-bond acceptors (Lipinski definition) is 13. The topological polar surface area (TPSA) is 411 Å². The molecule has 1 heterocycles. The number of primary amides is 3. The molecule has 1 saturated heterocycles. The first-order valence-corrected chi connectivity index (χ1v) is 22.4. The van der Waals surface area contributed by atoms with Crippen molar-refractivity contribution in [2.24, 2.45) is 23.1 Å². The van der Waals surface area contributed by atoms with Crippen LogP contribution in [-0.4, -0.2) is 132 Å². The van der Waals surface area contributed by atoms with Crippen molar-refractivity contribution in [3.63, 3.8) is 0 Å². The van der Waals surface area contributed by atoms with E-state index in [-0.39, 0.29) is 38.0 Å². The van der Waals surface area contributed by atoms with E-state index in [0.29, 0.717) is 24.8 Å². The van der Waals surface area contributed by atoms with E-state index >= 15 is 0 Å². The van der Waals surface area contributed by atoms with Gasteiger partial charge in [0.2, 0.25) is 70.9 Å². The van der Waals surface area contributed by atoms with Gasteiger partial charge in [0.15, 0.2) is 0 Å². The van der Waals surface area contributed by atoms with Crippen LogP contribution in [0.25, 0.3) is 0 Å². The smallest absolute Gasteiger partial charge is 0.244 e. The summed E-state index contributed by atoms with van der Waals surface area (Å²) < 4.78 is 0. The standard InChI is InChI=1S/C43H66N12O13/c1-4-8-26(38(63)49-22-33(46)59)50-35(61)9-6-7-18-47-39(64)30-21-48-34(60)16-17-36(62)51-28(19-24-10-12-25(56)13-11-24)42(67)55-37(23(3)5-2)43(68)52-27(14-15-31(44)57)40(65)53-29(20-32(45)58)41(66)54-30/h10-13,23,26-30,37,56H,4-9,14-22H2,1-3H3,(H2,44,57)(H2,45,58)(H2,46,59)(H,47,64)(H,48,60)(H,49,63)(H,50,61)(H,51,62)(H,52,68)(H,53,65)(H,54,66)(H,55,67)/t23-,26-,27-,28-,29-,30-,37-/m0/s1. The molecule has 0 saturated carbocycles. The second kappa shape index (κ2) is 29.3. The van der Waals surface area contributed by atoms with Crippen molar-refractivity contribution < 1.29 is 62.6 Å². The first-order chi connectivity index (χ1) is 32.1. The molecule has 2 rings (SSSR count). The molecule has 1 fully saturated rings. The van der Waals surface area contributed by atoms with Gasteiger partial charge in [-0.15, -0.1) is 0 Å². The van der Waals surface area contributed by atoms with Gasteiger partial charge in [-0.2, -0.15) is 0 Å². The van der Waals surface area contributed by atoms with Crippen LogP contribution in [0.3, 0.4) is 0 Å². The minimum Gasteiger partial charge on any atom is -0.508 e. The van der Waals surface area contributed by atoms with Crippen LogP contribution in [0.15, 0.2) is 24.3 Å². The Morgan fingerprint density at radius 2 is 1.35 bits per heavy atom. The summed E-state index contributed by atoms with van der Waals surface area (Å²) >= 11 is 0. The fourth-order valence-electron chi connectivity index (χ4n) is 6.68. The molecule has 1 aliphatic heterocycles. The van der Waals surface area contributed by atoms with Gasteiger partial charge in [-0.05, 0) is 49.3 Å². The van der Waals surface area contributed by atoms with Crippen LogP contribution in [0.5, 0.6) is 5.75 Å². The summed E-state index contributed by atoms with van der Waals surface area (Å²) in [6, 6.07) is -2.73. The molecule has 12 amide bonds. The number of nitrogens with one attached hydrogen (secondary N) is 9. The van der Waals surface area contributed by atoms with Gasteiger partial charge in [0.1, 0.15) is 42.0 Å². The molecular weight excluding hydrogens is 893 g/mol. The van der Waals surface area contributed by atoms with Gasteiger partial charge in [-0.3, -0.25) is 57.5 Å². The van der Waals surface area contributed by atoms with E-state index in [9.17, 15) is 62.6 Å². The average molecular weight is 959 g/mol. The number of amides is 12. The van der Waals surface area contributed by atoms with Crippen LogP contribution in [0.2, 0.25) is 0 Å². The maximum absolute atomic E-state index is 13.9. The molecule has 376 valence electrons. The van der Waals surface area contributed by atoms with E-state index in [1.54, 1.807) is 20.8 Å². The van der Waals surface area contributed by atoms with Crippen LogP contribution in [0.1, 0.15) is 97.0 Å². The number of aromatic hydroxyl groups is 1. The number of nitrogens with two attached hydrogens (primary N) is 3. The third-order valence-electron chi connectivity index (χ3n) is 10.7. The summed E-state index contributed by atoms with van der Waals surface area (Å²) in [6.45, 7) is 4.13. The molecule has 0 bridgehead atoms. The summed E-state index contributed by atoms with van der Waals surface area (Å²) in [6.07, 6.45) is -1.14. The van der Waals surface area contributed by atoms with Crippen LogP contribution in [-0.2, 0) is 64.0 Å². The van der Waals surface area contributed by atoms with Crippen molar-refractivity contribution in [1.82, 2.24) is 47.9 Å². The molecule has 0 unspecified atom stereocenters. The number of carbonyl (C=O) groups is 12. The maximum Gasteiger partial charge on any atom is 0.244 e. The van der Waals surface area contributed by atoms with Crippen LogP contribution >= 0.6 is 0 Å². The van der Waals surface area contributed by atoms with Crippen LogP contribution < -0.4 is 65.1 Å². The van der Waals surface area contributed by atoms with Crippen molar-refractivity contribution in [1.29, 1.82) is 0 Å².